The highest BCUT2D eigenvalue weighted by molar-refractivity contribution is 5.50. The van der Waals surface area contributed by atoms with Gasteiger partial charge in [0.15, 0.2) is 0 Å². The van der Waals surface area contributed by atoms with E-state index in [0.29, 0.717) is 5.88 Å². The molecule has 1 rings (SSSR count). The summed E-state index contributed by atoms with van der Waals surface area (Å²) in [6.07, 6.45) is 5.19. The van der Waals surface area contributed by atoms with E-state index in [-0.39, 0.29) is 6.61 Å². The van der Waals surface area contributed by atoms with Crippen molar-refractivity contribution in [3.05, 3.63) is 29.5 Å². The summed E-state index contributed by atoms with van der Waals surface area (Å²) in [5, 5.41) is 8.57. The first kappa shape index (κ1) is 9.74. The Morgan fingerprint density at radius 2 is 2.38 bits per heavy atom. The van der Waals surface area contributed by atoms with Crippen molar-refractivity contribution in [1.82, 2.24) is 4.98 Å². The molecular weight excluding hydrogens is 166 g/mol. The number of hydrogen-bond donors (Lipinski definition) is 1. The van der Waals surface area contributed by atoms with Crippen LogP contribution >= 0.6 is 0 Å². The molecule has 1 aromatic rings. The molecule has 0 radical (unpaired) electrons. The SMILES string of the molecule is COc1ncc(/C=C/CO)cc1C. The molecule has 0 atom stereocenters. The number of methoxy groups -OCH3 is 1. The van der Waals surface area contributed by atoms with E-state index in [1.165, 1.54) is 0 Å². The molecule has 0 saturated heterocycles. The van der Waals surface area contributed by atoms with Crippen LogP contribution in [-0.2, 0) is 0 Å². The van der Waals surface area contributed by atoms with E-state index in [9.17, 15) is 0 Å². The fourth-order valence-corrected chi connectivity index (χ4v) is 1.08. The lowest BCUT2D eigenvalue weighted by molar-refractivity contribution is 0.343. The average molecular weight is 179 g/mol. The number of aliphatic hydroxyl groups is 1. The summed E-state index contributed by atoms with van der Waals surface area (Å²) in [5.41, 5.74) is 1.95. The van der Waals surface area contributed by atoms with Gasteiger partial charge in [-0.2, -0.15) is 0 Å². The highest BCUT2D eigenvalue weighted by atomic mass is 16.5. The molecule has 3 heteroatoms. The number of aromatic nitrogens is 1. The number of pyridine rings is 1. The summed E-state index contributed by atoms with van der Waals surface area (Å²) >= 11 is 0. The van der Waals surface area contributed by atoms with Gasteiger partial charge in [-0.1, -0.05) is 12.2 Å². The lowest BCUT2D eigenvalue weighted by Gasteiger charge is -2.02. The predicted octanol–water partition coefficient (Wildman–Crippen LogP) is 1.40. The standard InChI is InChI=1S/C10H13NO2/c1-8-6-9(4-3-5-12)7-11-10(8)13-2/h3-4,6-7,12H,5H2,1-2H3/b4-3+. The zero-order chi connectivity index (χ0) is 9.68. The van der Waals surface area contributed by atoms with Crippen LogP contribution in [0.4, 0.5) is 0 Å². The first-order valence-corrected chi connectivity index (χ1v) is 4.06. The summed E-state index contributed by atoms with van der Waals surface area (Å²) in [7, 11) is 1.60. The van der Waals surface area contributed by atoms with Crippen molar-refractivity contribution < 1.29 is 9.84 Å². The Morgan fingerprint density at radius 1 is 1.62 bits per heavy atom. The highest BCUT2D eigenvalue weighted by Crippen LogP contribution is 2.15. The molecule has 0 aliphatic rings. The van der Waals surface area contributed by atoms with Gasteiger partial charge in [0, 0.05) is 11.8 Å². The van der Waals surface area contributed by atoms with E-state index < -0.39 is 0 Å². The minimum atomic E-state index is 0.0467. The predicted molar refractivity (Wildman–Crippen MR) is 51.6 cm³/mol. The molecule has 3 nitrogen and oxygen atoms in total. The summed E-state index contributed by atoms with van der Waals surface area (Å²) < 4.78 is 5.02. The molecule has 70 valence electrons. The molecule has 0 aliphatic heterocycles. The quantitative estimate of drug-likeness (QED) is 0.762. The maximum absolute atomic E-state index is 8.57. The number of ether oxygens (including phenoxy) is 1. The van der Waals surface area contributed by atoms with Gasteiger partial charge in [0.05, 0.1) is 13.7 Å². The van der Waals surface area contributed by atoms with Crippen molar-refractivity contribution in [2.24, 2.45) is 0 Å². The Hall–Kier alpha value is -1.35. The Balaban J connectivity index is 2.89. The number of hydrogen-bond acceptors (Lipinski definition) is 3. The molecule has 1 heterocycles. The van der Waals surface area contributed by atoms with Gasteiger partial charge >= 0.3 is 0 Å². The van der Waals surface area contributed by atoms with Crippen molar-refractivity contribution in [2.45, 2.75) is 6.92 Å². The number of nitrogens with zero attached hydrogens (tertiary/aromatic N) is 1. The smallest absolute Gasteiger partial charge is 0.215 e. The average Bonchev–Trinajstić information content (AvgIpc) is 2.15. The third-order valence-electron chi connectivity index (χ3n) is 1.66. The van der Waals surface area contributed by atoms with Gasteiger partial charge in [0.1, 0.15) is 0 Å². The van der Waals surface area contributed by atoms with Crippen LogP contribution in [0.3, 0.4) is 0 Å². The molecule has 0 unspecified atom stereocenters. The van der Waals surface area contributed by atoms with E-state index in [1.54, 1.807) is 19.4 Å². The van der Waals surface area contributed by atoms with Crippen molar-refractivity contribution in [3.8, 4) is 5.88 Å². The number of rotatable bonds is 3. The van der Waals surface area contributed by atoms with Crippen molar-refractivity contribution >= 4 is 6.08 Å². The van der Waals surface area contributed by atoms with Crippen LogP contribution in [0.1, 0.15) is 11.1 Å². The zero-order valence-corrected chi connectivity index (χ0v) is 7.82. The van der Waals surface area contributed by atoms with Gasteiger partial charge in [-0.25, -0.2) is 4.98 Å². The Kier molecular flexibility index (Phi) is 3.46. The second kappa shape index (κ2) is 4.62. The van der Waals surface area contributed by atoms with Crippen molar-refractivity contribution in [2.75, 3.05) is 13.7 Å². The highest BCUT2D eigenvalue weighted by Gasteiger charge is 1.98. The van der Waals surface area contributed by atoms with E-state index in [2.05, 4.69) is 4.98 Å². The first-order chi connectivity index (χ1) is 6.27. The topological polar surface area (TPSA) is 42.4 Å². The Labute approximate surface area is 77.7 Å². The second-order valence-electron chi connectivity index (χ2n) is 2.68. The normalized spacial score (nSPS) is 10.7. The summed E-state index contributed by atoms with van der Waals surface area (Å²) in [6.45, 7) is 1.98. The zero-order valence-electron chi connectivity index (χ0n) is 7.82. The van der Waals surface area contributed by atoms with Crippen LogP contribution in [0, 0.1) is 6.92 Å². The van der Waals surface area contributed by atoms with Crippen molar-refractivity contribution in [1.29, 1.82) is 0 Å². The second-order valence-corrected chi connectivity index (χ2v) is 2.68. The van der Waals surface area contributed by atoms with E-state index in [0.717, 1.165) is 11.1 Å². The van der Waals surface area contributed by atoms with Gasteiger partial charge in [0.25, 0.3) is 0 Å². The molecule has 1 N–H and O–H groups in total. The molecule has 0 aromatic carbocycles. The van der Waals surface area contributed by atoms with Gasteiger partial charge in [-0.15, -0.1) is 0 Å². The van der Waals surface area contributed by atoms with E-state index >= 15 is 0 Å². The molecule has 13 heavy (non-hydrogen) atoms. The van der Waals surface area contributed by atoms with Crippen LogP contribution in [0.2, 0.25) is 0 Å². The molecule has 0 fully saturated rings. The van der Waals surface area contributed by atoms with Crippen LogP contribution in [-0.4, -0.2) is 23.8 Å². The van der Waals surface area contributed by atoms with Crippen LogP contribution in [0.15, 0.2) is 18.3 Å². The van der Waals surface area contributed by atoms with E-state index in [1.807, 2.05) is 19.1 Å². The number of aliphatic hydroxyl groups excluding tert-OH is 1. The third-order valence-corrected chi connectivity index (χ3v) is 1.66. The van der Waals surface area contributed by atoms with Crippen molar-refractivity contribution in [3.63, 3.8) is 0 Å². The summed E-state index contributed by atoms with van der Waals surface area (Å²) in [5.74, 6) is 0.640. The van der Waals surface area contributed by atoms with Crippen LogP contribution in [0.5, 0.6) is 5.88 Å². The van der Waals surface area contributed by atoms with Gasteiger partial charge in [-0.3, -0.25) is 0 Å². The fraction of sp³-hybridized carbons (Fsp3) is 0.300. The minimum Gasteiger partial charge on any atom is -0.481 e. The first-order valence-electron chi connectivity index (χ1n) is 4.06. The maximum Gasteiger partial charge on any atom is 0.215 e. The lowest BCUT2D eigenvalue weighted by Crippen LogP contribution is -1.91. The Bertz CT molecular complexity index is 308. The maximum atomic E-state index is 8.57. The van der Waals surface area contributed by atoms with E-state index in [4.69, 9.17) is 9.84 Å². The van der Waals surface area contributed by atoms with Gasteiger partial charge in [-0.05, 0) is 18.6 Å². The molecular formula is C10H13NO2. The van der Waals surface area contributed by atoms with Crippen LogP contribution < -0.4 is 4.74 Å². The third kappa shape index (κ3) is 2.56. The Morgan fingerprint density at radius 3 is 2.92 bits per heavy atom. The lowest BCUT2D eigenvalue weighted by atomic mass is 10.2. The summed E-state index contributed by atoms with van der Waals surface area (Å²) in [4.78, 5) is 4.09. The number of aryl methyl sites for hydroxylation is 1. The van der Waals surface area contributed by atoms with Gasteiger partial charge in [0.2, 0.25) is 5.88 Å². The minimum absolute atomic E-state index is 0.0467. The molecule has 0 spiro atoms. The molecule has 1 aromatic heterocycles. The molecule has 0 bridgehead atoms. The molecule has 0 aliphatic carbocycles. The molecule has 0 amide bonds. The monoisotopic (exact) mass is 179 g/mol. The fourth-order valence-electron chi connectivity index (χ4n) is 1.08. The summed E-state index contributed by atoms with van der Waals surface area (Å²) in [6, 6.07) is 1.96. The van der Waals surface area contributed by atoms with Gasteiger partial charge < -0.3 is 9.84 Å². The van der Waals surface area contributed by atoms with Crippen LogP contribution in [0.25, 0.3) is 6.08 Å². The molecule has 0 saturated carbocycles. The largest absolute Gasteiger partial charge is 0.481 e.